The number of carbonyl (C=O) groups is 1. The summed E-state index contributed by atoms with van der Waals surface area (Å²) in [4.78, 5) is 16.4. The van der Waals surface area contributed by atoms with E-state index in [1.807, 2.05) is 28.0 Å². The van der Waals surface area contributed by atoms with Crippen molar-refractivity contribution in [3.8, 4) is 11.3 Å². The van der Waals surface area contributed by atoms with Gasteiger partial charge in [-0.2, -0.15) is 23.4 Å². The van der Waals surface area contributed by atoms with Gasteiger partial charge in [-0.1, -0.05) is 23.7 Å². The summed E-state index contributed by atoms with van der Waals surface area (Å²) in [5.41, 5.74) is 3.00. The molecule has 5 nitrogen and oxygen atoms in total. The van der Waals surface area contributed by atoms with Crippen molar-refractivity contribution in [2.45, 2.75) is 38.4 Å². The number of benzene rings is 2. The molecule has 0 bridgehead atoms. The molecule has 2 aliphatic rings. The van der Waals surface area contributed by atoms with Crippen molar-refractivity contribution >= 4 is 23.2 Å². The van der Waals surface area contributed by atoms with Gasteiger partial charge in [-0.05, 0) is 67.6 Å². The fourth-order valence-corrected chi connectivity index (χ4v) is 4.98. The van der Waals surface area contributed by atoms with Gasteiger partial charge in [0, 0.05) is 42.3 Å². The lowest BCUT2D eigenvalue weighted by Crippen LogP contribution is -2.30. The van der Waals surface area contributed by atoms with Crippen LogP contribution in [0.3, 0.4) is 0 Å². The van der Waals surface area contributed by atoms with Crippen molar-refractivity contribution in [2.75, 3.05) is 24.5 Å². The lowest BCUT2D eigenvalue weighted by Gasteiger charge is -2.31. The number of aromatic nitrogens is 2. The standard InChI is InChI=1S/C26H24ClF3N4O/c27-20-9-10-21(26(28,29)30)19(14-20)16-34-13-3-4-22-24(34)15-23(32-31-22)17-5-7-18(8-6-17)25(35)33-11-1-2-12-33/h5-10,14-15H,1-4,11-13,16H2. The second-order valence-electron chi connectivity index (χ2n) is 8.96. The summed E-state index contributed by atoms with van der Waals surface area (Å²) in [6.45, 7) is 2.24. The maximum Gasteiger partial charge on any atom is 0.416 e. The molecule has 3 heterocycles. The average molecular weight is 501 g/mol. The number of fused-ring (bicyclic) bond motifs is 1. The van der Waals surface area contributed by atoms with Crippen LogP contribution in [-0.2, 0) is 19.1 Å². The first kappa shape index (κ1) is 23.6. The zero-order valence-electron chi connectivity index (χ0n) is 19.0. The highest BCUT2D eigenvalue weighted by atomic mass is 35.5. The van der Waals surface area contributed by atoms with E-state index in [-0.39, 0.29) is 23.0 Å². The van der Waals surface area contributed by atoms with Crippen LogP contribution in [0.1, 0.15) is 46.4 Å². The molecule has 0 saturated carbocycles. The van der Waals surface area contributed by atoms with Gasteiger partial charge >= 0.3 is 6.18 Å². The Kier molecular flexibility index (Phi) is 6.40. The van der Waals surface area contributed by atoms with Gasteiger partial charge in [-0.25, -0.2) is 0 Å². The highest BCUT2D eigenvalue weighted by molar-refractivity contribution is 6.30. The summed E-state index contributed by atoms with van der Waals surface area (Å²) in [6, 6.07) is 12.8. The van der Waals surface area contributed by atoms with E-state index < -0.39 is 11.7 Å². The van der Waals surface area contributed by atoms with Crippen molar-refractivity contribution in [2.24, 2.45) is 0 Å². The third-order valence-corrected chi connectivity index (χ3v) is 6.82. The SMILES string of the molecule is O=C(c1ccc(-c2cc3c(nn2)CCCN3Cc2cc(Cl)ccc2C(F)(F)F)cc1)N1CCCC1. The number of halogens is 4. The van der Waals surface area contributed by atoms with Gasteiger partial charge in [-0.3, -0.25) is 4.79 Å². The predicted molar refractivity (Wildman–Crippen MR) is 128 cm³/mol. The maximum atomic E-state index is 13.6. The van der Waals surface area contributed by atoms with Crippen LogP contribution in [0.4, 0.5) is 18.9 Å². The summed E-state index contributed by atoms with van der Waals surface area (Å²) in [5, 5.41) is 9.00. The van der Waals surface area contributed by atoms with Crippen molar-refractivity contribution < 1.29 is 18.0 Å². The fraction of sp³-hybridized carbons (Fsp3) is 0.346. The molecule has 0 unspecified atom stereocenters. The number of hydrogen-bond donors (Lipinski definition) is 0. The molecule has 1 fully saturated rings. The van der Waals surface area contributed by atoms with Crippen LogP contribution in [0.15, 0.2) is 48.5 Å². The van der Waals surface area contributed by atoms with Crippen LogP contribution < -0.4 is 4.90 Å². The molecule has 0 aliphatic carbocycles. The Bertz CT molecular complexity index is 1240. The molecule has 2 aliphatic heterocycles. The highest BCUT2D eigenvalue weighted by Gasteiger charge is 2.34. The van der Waals surface area contributed by atoms with Crippen molar-refractivity contribution in [3.05, 3.63) is 75.9 Å². The number of anilines is 1. The number of alkyl halides is 3. The molecule has 0 radical (unpaired) electrons. The molecule has 1 amide bonds. The maximum absolute atomic E-state index is 13.6. The van der Waals surface area contributed by atoms with Crippen LogP contribution >= 0.6 is 11.6 Å². The van der Waals surface area contributed by atoms with Gasteiger partial charge in [-0.15, -0.1) is 0 Å². The Morgan fingerprint density at radius 1 is 0.943 bits per heavy atom. The first-order valence-electron chi connectivity index (χ1n) is 11.7. The predicted octanol–water partition coefficient (Wildman–Crippen LogP) is 6.00. The molecule has 1 saturated heterocycles. The normalized spacial score (nSPS) is 15.9. The highest BCUT2D eigenvalue weighted by Crippen LogP contribution is 2.36. The molecular formula is C26H24ClF3N4O. The zero-order valence-corrected chi connectivity index (χ0v) is 19.7. The fourth-order valence-electron chi connectivity index (χ4n) is 4.78. The molecule has 35 heavy (non-hydrogen) atoms. The van der Waals surface area contributed by atoms with E-state index in [1.165, 1.54) is 12.1 Å². The van der Waals surface area contributed by atoms with E-state index in [2.05, 4.69) is 10.2 Å². The molecule has 2 aromatic carbocycles. The second-order valence-corrected chi connectivity index (χ2v) is 9.40. The van der Waals surface area contributed by atoms with Gasteiger partial charge in [0.1, 0.15) is 0 Å². The number of nitrogens with zero attached hydrogens (tertiary/aromatic N) is 4. The molecule has 3 aromatic rings. The molecule has 0 atom stereocenters. The number of amides is 1. The molecule has 182 valence electrons. The molecule has 9 heteroatoms. The Labute approximate surface area is 206 Å². The third kappa shape index (κ3) is 4.98. The number of aryl methyl sites for hydroxylation is 1. The largest absolute Gasteiger partial charge is 0.416 e. The molecule has 0 spiro atoms. The minimum absolute atomic E-state index is 0.0266. The van der Waals surface area contributed by atoms with Crippen LogP contribution in [0.25, 0.3) is 11.3 Å². The monoisotopic (exact) mass is 500 g/mol. The Morgan fingerprint density at radius 2 is 1.69 bits per heavy atom. The number of hydrogen-bond acceptors (Lipinski definition) is 4. The van der Waals surface area contributed by atoms with E-state index in [4.69, 9.17) is 11.6 Å². The summed E-state index contributed by atoms with van der Waals surface area (Å²) in [7, 11) is 0. The summed E-state index contributed by atoms with van der Waals surface area (Å²) in [5.74, 6) is 0.0266. The van der Waals surface area contributed by atoms with E-state index >= 15 is 0 Å². The molecule has 5 rings (SSSR count). The molecular weight excluding hydrogens is 477 g/mol. The van der Waals surface area contributed by atoms with Crippen molar-refractivity contribution in [1.29, 1.82) is 0 Å². The summed E-state index contributed by atoms with van der Waals surface area (Å²) < 4.78 is 40.8. The van der Waals surface area contributed by atoms with E-state index in [9.17, 15) is 18.0 Å². The van der Waals surface area contributed by atoms with Gasteiger partial charge in [0.2, 0.25) is 0 Å². The van der Waals surface area contributed by atoms with Gasteiger partial charge in [0.15, 0.2) is 0 Å². The van der Waals surface area contributed by atoms with Gasteiger partial charge in [0.05, 0.1) is 22.6 Å². The minimum Gasteiger partial charge on any atom is -0.366 e. The van der Waals surface area contributed by atoms with Crippen molar-refractivity contribution in [1.82, 2.24) is 15.1 Å². The van der Waals surface area contributed by atoms with Crippen molar-refractivity contribution in [3.63, 3.8) is 0 Å². The first-order valence-corrected chi connectivity index (χ1v) is 12.0. The number of carbonyl (C=O) groups excluding carboxylic acids is 1. The quantitative estimate of drug-likeness (QED) is 0.440. The van der Waals surface area contributed by atoms with Crippen LogP contribution in [0, 0.1) is 0 Å². The smallest absolute Gasteiger partial charge is 0.366 e. The third-order valence-electron chi connectivity index (χ3n) is 6.58. The second kappa shape index (κ2) is 9.49. The van der Waals surface area contributed by atoms with E-state index in [0.29, 0.717) is 24.2 Å². The van der Waals surface area contributed by atoms with E-state index in [1.54, 1.807) is 12.1 Å². The topological polar surface area (TPSA) is 49.3 Å². The molecule has 0 N–H and O–H groups in total. The summed E-state index contributed by atoms with van der Waals surface area (Å²) in [6.07, 6.45) is -0.913. The van der Waals surface area contributed by atoms with Crippen LogP contribution in [-0.4, -0.2) is 40.6 Å². The Morgan fingerprint density at radius 3 is 2.40 bits per heavy atom. The lowest BCUT2D eigenvalue weighted by molar-refractivity contribution is -0.138. The van der Waals surface area contributed by atoms with Crippen LogP contribution in [0.2, 0.25) is 5.02 Å². The average Bonchev–Trinajstić information content (AvgIpc) is 3.38. The van der Waals surface area contributed by atoms with Gasteiger partial charge in [0.25, 0.3) is 5.91 Å². The summed E-state index contributed by atoms with van der Waals surface area (Å²) >= 11 is 6.03. The van der Waals surface area contributed by atoms with Crippen LogP contribution in [0.5, 0.6) is 0 Å². The first-order chi connectivity index (χ1) is 16.8. The Balaban J connectivity index is 1.42. The zero-order chi connectivity index (χ0) is 24.6. The van der Waals surface area contributed by atoms with Gasteiger partial charge < -0.3 is 9.80 Å². The Hall–Kier alpha value is -3.13. The lowest BCUT2D eigenvalue weighted by atomic mass is 10.0. The number of rotatable bonds is 4. The number of likely N-dealkylation sites (tertiary alicyclic amines) is 1. The van der Waals surface area contributed by atoms with E-state index in [0.717, 1.165) is 55.4 Å². The minimum atomic E-state index is -4.46. The molecule has 1 aromatic heterocycles.